The van der Waals surface area contributed by atoms with Crippen LogP contribution in [0.5, 0.6) is 0 Å². The highest BCUT2D eigenvalue weighted by Gasteiger charge is 2.52. The Morgan fingerprint density at radius 2 is 0.830 bits per heavy atom. The summed E-state index contributed by atoms with van der Waals surface area (Å²) in [6.07, 6.45) is 17.5. The van der Waals surface area contributed by atoms with Crippen molar-refractivity contribution in [3.8, 4) is 6.07 Å². The number of hydrogen-bond donors (Lipinski definition) is 0. The molecule has 88 heavy (non-hydrogen) atoms. The molecular weight excluding hydrogens is 1060 g/mol. The van der Waals surface area contributed by atoms with E-state index in [1.807, 2.05) is 0 Å². The third-order valence-electron chi connectivity index (χ3n) is 24.1. The fraction of sp³-hybridized carbons (Fsp3) is 0.357. The maximum atomic E-state index is 11.9. The van der Waals surface area contributed by atoms with E-state index in [1.165, 1.54) is 154 Å². The average Bonchev–Trinajstić information content (AvgIpc) is 1.66. The lowest BCUT2D eigenvalue weighted by molar-refractivity contribution is 0.333. The summed E-state index contributed by atoms with van der Waals surface area (Å²) in [5.74, 6) is 0.750. The van der Waals surface area contributed by atoms with Crippen LogP contribution in [0.1, 0.15) is 229 Å². The minimum Gasteiger partial charge on any atom is -0.309 e. The van der Waals surface area contributed by atoms with Gasteiger partial charge in [0.15, 0.2) is 5.69 Å². The fourth-order valence-electron chi connectivity index (χ4n) is 20.1. The number of nitrogens with zero attached hydrogens (tertiary/aromatic N) is 4. The van der Waals surface area contributed by atoms with Crippen LogP contribution in [-0.4, -0.2) is 8.80 Å². The number of fused-ring (bicyclic) bond motifs is 13. The van der Waals surface area contributed by atoms with Gasteiger partial charge in [0.25, 0.3) is 0 Å². The molecule has 7 aliphatic rings. The van der Waals surface area contributed by atoms with E-state index in [0.29, 0.717) is 5.92 Å². The molecule has 0 saturated carbocycles. The summed E-state index contributed by atoms with van der Waals surface area (Å²) in [7, 11) is 0. The molecule has 0 aliphatic heterocycles. The molecule has 0 fully saturated rings. The topological polar surface area (TPSA) is 37.0 Å². The first-order chi connectivity index (χ1) is 42.5. The van der Waals surface area contributed by atoms with Crippen LogP contribution in [0.4, 0.5) is 5.69 Å². The third kappa shape index (κ3) is 6.60. The first-order valence-corrected chi connectivity index (χ1v) is 33.5. The van der Waals surface area contributed by atoms with E-state index >= 15 is 0 Å². The summed E-state index contributed by atoms with van der Waals surface area (Å²) in [5, 5.41) is 22.6. The third-order valence-corrected chi connectivity index (χ3v) is 24.1. The lowest BCUT2D eigenvalue weighted by Gasteiger charge is -2.50. The summed E-state index contributed by atoms with van der Waals surface area (Å²) in [4.78, 5) is 4.65. The standard InChI is InChI=1S/C84H80N4/c1-14-83(15-2,16-3)46-37-56-70-63(36-45(44-85)65-66-48-28-20-24-32-52(48)68(75(65)70)53-33-25-21-29-49(53)66)87-77(56)58(39-46)72-73-59-40-47(84(17-4,18-5)19-6)38-57-71-64(88(78(57)59)80(73)61(43-82(10,11)12)60(79(72)87)42-81(7,8)9)41-62(86-13)74-67-50-30-22-26-34-54(50)69(76(71)74)55-35-27-23-31-51(55)67/h20-41,48,52,66-69H,14-19,42-43H2,1-12H3. The quantitative estimate of drug-likeness (QED) is 0.126. The van der Waals surface area contributed by atoms with Crippen molar-refractivity contribution in [2.45, 2.75) is 169 Å². The zero-order valence-electron chi connectivity index (χ0n) is 53.6. The van der Waals surface area contributed by atoms with E-state index < -0.39 is 0 Å². The lowest BCUT2D eigenvalue weighted by atomic mass is 9.52. The highest BCUT2D eigenvalue weighted by molar-refractivity contribution is 6.37. The lowest BCUT2D eigenvalue weighted by Crippen LogP contribution is -2.39. The average molecular weight is 1150 g/mol. The van der Waals surface area contributed by atoms with Gasteiger partial charge in [-0.05, 0) is 199 Å². The van der Waals surface area contributed by atoms with Crippen LogP contribution in [0.15, 0.2) is 133 Å². The van der Waals surface area contributed by atoms with Gasteiger partial charge >= 0.3 is 0 Å². The minimum absolute atomic E-state index is 0.00384. The first kappa shape index (κ1) is 54.0. The van der Waals surface area contributed by atoms with Crippen molar-refractivity contribution in [3.63, 3.8) is 0 Å². The van der Waals surface area contributed by atoms with Crippen LogP contribution in [0.25, 0.3) is 81.0 Å². The smallest absolute Gasteiger partial charge is 0.193 e. The molecule has 0 radical (unpaired) electrons. The molecule has 4 atom stereocenters. The molecule has 19 rings (SSSR count). The van der Waals surface area contributed by atoms with Crippen molar-refractivity contribution < 1.29 is 0 Å². The maximum absolute atomic E-state index is 11.9. The highest BCUT2D eigenvalue weighted by atomic mass is 15.0. The Morgan fingerprint density at radius 1 is 0.455 bits per heavy atom. The number of benzene rings is 8. The van der Waals surface area contributed by atoms with E-state index in [4.69, 9.17) is 0 Å². The Hall–Kier alpha value is -8.18. The molecule has 7 aliphatic carbocycles. The summed E-state index contributed by atoms with van der Waals surface area (Å²) in [5.41, 5.74) is 28.1. The number of aromatic nitrogens is 2. The van der Waals surface area contributed by atoms with Gasteiger partial charge in [-0.25, -0.2) is 4.85 Å². The Bertz CT molecular complexity index is 5140. The van der Waals surface area contributed by atoms with E-state index in [-0.39, 0.29) is 51.2 Å². The van der Waals surface area contributed by atoms with E-state index in [0.717, 1.165) is 62.6 Å². The number of nitriles is 1. The van der Waals surface area contributed by atoms with Crippen LogP contribution in [0.3, 0.4) is 0 Å². The largest absolute Gasteiger partial charge is 0.309 e. The molecule has 4 heterocycles. The van der Waals surface area contributed by atoms with Crippen LogP contribution in [-0.2, 0) is 23.7 Å². The Morgan fingerprint density at radius 3 is 1.23 bits per heavy atom. The number of hydrogen-bond acceptors (Lipinski definition) is 1. The second-order valence-corrected chi connectivity index (χ2v) is 30.2. The van der Waals surface area contributed by atoms with Gasteiger partial charge in [-0.2, -0.15) is 5.26 Å². The van der Waals surface area contributed by atoms with E-state index in [2.05, 4.69) is 236 Å². The minimum atomic E-state index is -0.0975. The van der Waals surface area contributed by atoms with Crippen LogP contribution in [0.2, 0.25) is 0 Å². The molecule has 0 saturated heterocycles. The normalized spacial score (nSPS) is 20.1. The van der Waals surface area contributed by atoms with Crippen molar-refractivity contribution in [2.24, 2.45) is 22.7 Å². The van der Waals surface area contributed by atoms with Crippen molar-refractivity contribution in [3.05, 3.63) is 228 Å². The second kappa shape index (κ2) is 18.2. The number of allylic oxidation sites excluding steroid dienone is 4. The molecule has 4 aromatic heterocycles. The monoisotopic (exact) mass is 1140 g/mol. The van der Waals surface area contributed by atoms with Crippen molar-refractivity contribution in [1.29, 1.82) is 5.26 Å². The van der Waals surface area contributed by atoms with Crippen LogP contribution >= 0.6 is 0 Å². The van der Waals surface area contributed by atoms with Crippen molar-refractivity contribution in [2.75, 3.05) is 0 Å². The Labute approximate surface area is 519 Å². The van der Waals surface area contributed by atoms with Gasteiger partial charge in [-0.1, -0.05) is 180 Å². The van der Waals surface area contributed by atoms with Crippen LogP contribution in [0, 0.1) is 40.6 Å². The molecule has 4 unspecified atom stereocenters. The van der Waals surface area contributed by atoms with E-state index in [1.54, 1.807) is 0 Å². The molecule has 12 aromatic rings. The molecule has 436 valence electrons. The predicted molar refractivity (Wildman–Crippen MR) is 368 cm³/mol. The molecule has 0 N–H and O–H groups in total. The van der Waals surface area contributed by atoms with Gasteiger partial charge in [0.2, 0.25) is 0 Å². The second-order valence-electron chi connectivity index (χ2n) is 30.2. The summed E-state index contributed by atoms with van der Waals surface area (Å²) < 4.78 is 5.50. The Kier molecular flexibility index (Phi) is 11.2. The van der Waals surface area contributed by atoms with Crippen molar-refractivity contribution >= 4 is 81.9 Å². The van der Waals surface area contributed by atoms with Gasteiger partial charge in [-0.3, -0.25) is 0 Å². The van der Waals surface area contributed by atoms with Crippen molar-refractivity contribution in [1.82, 2.24) is 8.80 Å². The molecule has 4 bridgehead atoms. The van der Waals surface area contributed by atoms with E-state index in [9.17, 15) is 11.8 Å². The molecule has 4 nitrogen and oxygen atoms in total. The fourth-order valence-corrected chi connectivity index (χ4v) is 20.1. The van der Waals surface area contributed by atoms with Gasteiger partial charge in [0, 0.05) is 72.3 Å². The molecular formula is C84H80N4. The molecule has 0 amide bonds. The van der Waals surface area contributed by atoms with Gasteiger partial charge in [0.1, 0.15) is 0 Å². The molecule has 4 heteroatoms. The summed E-state index contributed by atoms with van der Waals surface area (Å²) in [6.45, 7) is 38.5. The summed E-state index contributed by atoms with van der Waals surface area (Å²) in [6, 6.07) is 46.0. The maximum Gasteiger partial charge on any atom is 0.193 e. The molecule has 8 aromatic carbocycles. The predicted octanol–water partition coefficient (Wildman–Crippen LogP) is 22.5. The Balaban J connectivity index is 1.14. The number of rotatable bonds is 10. The van der Waals surface area contributed by atoms with Gasteiger partial charge < -0.3 is 8.80 Å². The zero-order chi connectivity index (χ0) is 60.6. The molecule has 0 spiro atoms. The first-order valence-electron chi connectivity index (χ1n) is 33.5. The SMILES string of the molecule is [C-]#[N+]c1cc2c(c3c1C1c4ccccc4C3c3ccccc31)c1cc(C(CC)(CC)CC)cc3c4c5c6cc(C(CC)(CC)CC)cc7c8c9c(c(C#N)cc8n(c5c(CC(C)(C)C)c(CC(C)(C)C)c4n2c13)c76)C1c2ccccc2C9C2C=CC=CC12. The highest BCUT2D eigenvalue weighted by Crippen LogP contribution is 2.65. The zero-order valence-corrected chi connectivity index (χ0v) is 53.6. The van der Waals surface area contributed by atoms with Crippen LogP contribution < -0.4 is 0 Å². The van der Waals surface area contributed by atoms with Gasteiger partial charge in [-0.15, -0.1) is 0 Å². The van der Waals surface area contributed by atoms with Gasteiger partial charge in [0.05, 0.1) is 45.8 Å². The summed E-state index contributed by atoms with van der Waals surface area (Å²) >= 11 is 0.